The van der Waals surface area contributed by atoms with Crippen molar-refractivity contribution in [1.82, 2.24) is 19.9 Å². The summed E-state index contributed by atoms with van der Waals surface area (Å²) in [7, 11) is 0. The fraction of sp³-hybridized carbons (Fsp3) is 0.750. The molecule has 2 heterocycles. The molecule has 0 radical (unpaired) electrons. The van der Waals surface area contributed by atoms with Crippen LogP contribution in [0.3, 0.4) is 0 Å². The fourth-order valence-electron chi connectivity index (χ4n) is 2.25. The molecule has 0 saturated carbocycles. The number of nitrogens with two attached hydrogens (primary N) is 1. The van der Waals surface area contributed by atoms with E-state index in [0.29, 0.717) is 18.3 Å². The average Bonchev–Trinajstić information content (AvgIpc) is 2.81. The van der Waals surface area contributed by atoms with Gasteiger partial charge in [-0.2, -0.15) is 0 Å². The van der Waals surface area contributed by atoms with Crippen molar-refractivity contribution in [2.75, 3.05) is 19.6 Å². The summed E-state index contributed by atoms with van der Waals surface area (Å²) in [6.07, 6.45) is 4.45. The zero-order valence-electron chi connectivity index (χ0n) is 10.9. The molecule has 6 heteroatoms. The first-order chi connectivity index (χ1) is 8.70. The SMILES string of the molecule is CCCn1nncc1C(=O)CN1CCC(N)CC1. The molecule has 1 aromatic heterocycles. The minimum absolute atomic E-state index is 0.101. The number of carbonyl (C=O) groups is 1. The predicted molar refractivity (Wildman–Crippen MR) is 68.3 cm³/mol. The van der Waals surface area contributed by atoms with E-state index >= 15 is 0 Å². The van der Waals surface area contributed by atoms with Crippen LogP contribution in [-0.4, -0.2) is 51.4 Å². The molecule has 6 nitrogen and oxygen atoms in total. The largest absolute Gasteiger partial charge is 0.328 e. The van der Waals surface area contributed by atoms with Crippen molar-refractivity contribution < 1.29 is 4.79 Å². The lowest BCUT2D eigenvalue weighted by Crippen LogP contribution is -2.42. The molecule has 0 amide bonds. The van der Waals surface area contributed by atoms with Crippen LogP contribution in [0.4, 0.5) is 0 Å². The normalized spacial score (nSPS) is 18.1. The second-order valence-electron chi connectivity index (χ2n) is 4.88. The van der Waals surface area contributed by atoms with Crippen LogP contribution in [0, 0.1) is 0 Å². The third kappa shape index (κ3) is 3.14. The Bertz CT molecular complexity index is 395. The van der Waals surface area contributed by atoms with Gasteiger partial charge in [0.15, 0.2) is 5.78 Å². The zero-order chi connectivity index (χ0) is 13.0. The van der Waals surface area contributed by atoms with E-state index in [2.05, 4.69) is 22.1 Å². The number of aromatic nitrogens is 3. The standard InChI is InChI=1S/C12H21N5O/c1-2-5-17-11(8-14-15-17)12(18)9-16-6-3-10(13)4-7-16/h8,10H,2-7,9,13H2,1H3. The van der Waals surface area contributed by atoms with Gasteiger partial charge >= 0.3 is 0 Å². The van der Waals surface area contributed by atoms with E-state index in [1.165, 1.54) is 0 Å². The molecule has 0 aliphatic carbocycles. The smallest absolute Gasteiger partial charge is 0.196 e. The van der Waals surface area contributed by atoms with Gasteiger partial charge in [-0.1, -0.05) is 12.1 Å². The first-order valence-electron chi connectivity index (χ1n) is 6.60. The van der Waals surface area contributed by atoms with E-state index in [1.807, 2.05) is 0 Å². The van der Waals surface area contributed by atoms with Crippen LogP contribution < -0.4 is 5.73 Å². The lowest BCUT2D eigenvalue weighted by Gasteiger charge is -2.29. The Morgan fingerprint density at radius 1 is 1.50 bits per heavy atom. The number of likely N-dealkylation sites (tertiary alicyclic amines) is 1. The monoisotopic (exact) mass is 251 g/mol. The summed E-state index contributed by atoms with van der Waals surface area (Å²) in [6, 6.07) is 0.295. The Morgan fingerprint density at radius 2 is 2.22 bits per heavy atom. The Morgan fingerprint density at radius 3 is 2.89 bits per heavy atom. The second kappa shape index (κ2) is 6.06. The maximum Gasteiger partial charge on any atom is 0.196 e. The van der Waals surface area contributed by atoms with E-state index in [1.54, 1.807) is 10.9 Å². The van der Waals surface area contributed by atoms with Crippen LogP contribution in [0.15, 0.2) is 6.20 Å². The lowest BCUT2D eigenvalue weighted by atomic mass is 10.1. The van der Waals surface area contributed by atoms with Crippen LogP contribution >= 0.6 is 0 Å². The number of hydrogen-bond acceptors (Lipinski definition) is 5. The third-order valence-electron chi connectivity index (χ3n) is 3.34. The molecule has 1 fully saturated rings. The van der Waals surface area contributed by atoms with Gasteiger partial charge in [0.25, 0.3) is 0 Å². The summed E-state index contributed by atoms with van der Waals surface area (Å²) < 4.78 is 1.69. The Labute approximate surface area is 107 Å². The van der Waals surface area contributed by atoms with Crippen molar-refractivity contribution in [3.05, 3.63) is 11.9 Å². The van der Waals surface area contributed by atoms with Gasteiger partial charge in [-0.3, -0.25) is 9.69 Å². The number of rotatable bonds is 5. The van der Waals surface area contributed by atoms with Crippen molar-refractivity contribution >= 4 is 5.78 Å². The summed E-state index contributed by atoms with van der Waals surface area (Å²) in [5.74, 6) is 0.101. The van der Waals surface area contributed by atoms with Gasteiger partial charge in [0, 0.05) is 25.7 Å². The van der Waals surface area contributed by atoms with Gasteiger partial charge in [-0.05, 0) is 19.3 Å². The molecule has 2 N–H and O–H groups in total. The summed E-state index contributed by atoms with van der Waals surface area (Å²) in [5.41, 5.74) is 6.47. The van der Waals surface area contributed by atoms with Crippen molar-refractivity contribution in [2.24, 2.45) is 5.73 Å². The van der Waals surface area contributed by atoms with E-state index < -0.39 is 0 Å². The minimum Gasteiger partial charge on any atom is -0.328 e. The third-order valence-corrected chi connectivity index (χ3v) is 3.34. The van der Waals surface area contributed by atoms with Gasteiger partial charge in [0.05, 0.1) is 12.7 Å². The van der Waals surface area contributed by atoms with Gasteiger partial charge in [0.2, 0.25) is 0 Å². The molecule has 1 saturated heterocycles. The predicted octanol–water partition coefficient (Wildman–Crippen LogP) is 0.294. The van der Waals surface area contributed by atoms with Crippen LogP contribution in [0.25, 0.3) is 0 Å². The van der Waals surface area contributed by atoms with Gasteiger partial charge in [-0.15, -0.1) is 5.10 Å². The summed E-state index contributed by atoms with van der Waals surface area (Å²) in [4.78, 5) is 14.3. The Balaban J connectivity index is 1.93. The van der Waals surface area contributed by atoms with Gasteiger partial charge in [0.1, 0.15) is 5.69 Å². The fourth-order valence-corrected chi connectivity index (χ4v) is 2.25. The Hall–Kier alpha value is -1.27. The summed E-state index contributed by atoms with van der Waals surface area (Å²) in [5, 5.41) is 7.76. The van der Waals surface area contributed by atoms with Crippen molar-refractivity contribution in [3.63, 3.8) is 0 Å². The molecule has 18 heavy (non-hydrogen) atoms. The molecular weight excluding hydrogens is 230 g/mol. The molecule has 100 valence electrons. The van der Waals surface area contributed by atoms with Crippen molar-refractivity contribution in [3.8, 4) is 0 Å². The highest BCUT2D eigenvalue weighted by Gasteiger charge is 2.20. The van der Waals surface area contributed by atoms with E-state index in [0.717, 1.165) is 38.9 Å². The molecule has 0 unspecified atom stereocenters. The van der Waals surface area contributed by atoms with E-state index in [9.17, 15) is 4.79 Å². The number of piperidine rings is 1. The molecule has 0 bridgehead atoms. The number of carbonyl (C=O) groups excluding carboxylic acids is 1. The lowest BCUT2D eigenvalue weighted by molar-refractivity contribution is 0.0899. The number of nitrogens with zero attached hydrogens (tertiary/aromatic N) is 4. The maximum atomic E-state index is 12.2. The molecular formula is C12H21N5O. The number of hydrogen-bond donors (Lipinski definition) is 1. The van der Waals surface area contributed by atoms with Crippen LogP contribution in [0.2, 0.25) is 0 Å². The first kappa shape index (κ1) is 13.2. The van der Waals surface area contributed by atoms with Crippen LogP contribution in [-0.2, 0) is 6.54 Å². The highest BCUT2D eigenvalue weighted by atomic mass is 16.1. The number of Topliss-reactive ketones (excluding diaryl/α,β-unsaturated/α-hetero) is 1. The highest BCUT2D eigenvalue weighted by Crippen LogP contribution is 2.09. The highest BCUT2D eigenvalue weighted by molar-refractivity contribution is 5.95. The van der Waals surface area contributed by atoms with Crippen molar-refractivity contribution in [1.29, 1.82) is 0 Å². The maximum absolute atomic E-state index is 12.2. The van der Waals surface area contributed by atoms with Crippen molar-refractivity contribution in [2.45, 2.75) is 38.8 Å². The minimum atomic E-state index is 0.101. The quantitative estimate of drug-likeness (QED) is 0.761. The Kier molecular flexibility index (Phi) is 4.43. The summed E-state index contributed by atoms with van der Waals surface area (Å²) >= 11 is 0. The molecule has 0 spiro atoms. The summed E-state index contributed by atoms with van der Waals surface area (Å²) in [6.45, 7) is 5.06. The number of ketones is 1. The second-order valence-corrected chi connectivity index (χ2v) is 4.88. The zero-order valence-corrected chi connectivity index (χ0v) is 10.9. The molecule has 0 atom stereocenters. The molecule has 1 aliphatic heterocycles. The molecule has 1 aromatic rings. The number of aryl methyl sites for hydroxylation is 1. The topological polar surface area (TPSA) is 77.0 Å². The first-order valence-corrected chi connectivity index (χ1v) is 6.60. The molecule has 2 rings (SSSR count). The van der Waals surface area contributed by atoms with Gasteiger partial charge < -0.3 is 5.73 Å². The molecule has 0 aromatic carbocycles. The molecule has 1 aliphatic rings. The van der Waals surface area contributed by atoms with Crippen LogP contribution in [0.1, 0.15) is 36.7 Å². The average molecular weight is 251 g/mol. The van der Waals surface area contributed by atoms with Crippen LogP contribution in [0.5, 0.6) is 0 Å². The van der Waals surface area contributed by atoms with E-state index in [-0.39, 0.29) is 5.78 Å². The van der Waals surface area contributed by atoms with E-state index in [4.69, 9.17) is 5.73 Å². The van der Waals surface area contributed by atoms with Gasteiger partial charge in [-0.25, -0.2) is 4.68 Å².